The summed E-state index contributed by atoms with van der Waals surface area (Å²) in [6.45, 7) is 12.2. The van der Waals surface area contributed by atoms with Crippen LogP contribution in [0, 0.1) is 27.7 Å². The molecule has 14 rings (SSSR count). The number of hydrogen-bond donors (Lipinski definition) is 3. The number of ether oxygens (including phenoxy) is 5. The molecule has 0 saturated heterocycles. The maximum absolute atomic E-state index is 13.6. The fraction of sp³-hybridized carbons (Fsp3) is 0.221. The second-order valence-electron chi connectivity index (χ2n) is 26.4. The van der Waals surface area contributed by atoms with Crippen LogP contribution in [-0.2, 0) is 63.8 Å². The van der Waals surface area contributed by atoms with Crippen molar-refractivity contribution < 1.29 is 88.3 Å². The van der Waals surface area contributed by atoms with Crippen molar-refractivity contribution in [1.29, 1.82) is 0 Å². The van der Waals surface area contributed by atoms with E-state index in [1.807, 2.05) is 146 Å². The Bertz CT molecular complexity index is 6580. The quantitative estimate of drug-likeness (QED) is 0.0177. The highest BCUT2D eigenvalue weighted by Crippen LogP contribution is 2.36. The molecule has 0 atom stereocenters. The van der Waals surface area contributed by atoms with Crippen molar-refractivity contribution in [1.82, 2.24) is 58.8 Å². The van der Waals surface area contributed by atoms with Gasteiger partial charge >= 0.3 is 50.2 Å². The Morgan fingerprint density at radius 2 is 0.750 bits per heavy atom. The van der Waals surface area contributed by atoms with Gasteiger partial charge in [-0.05, 0) is 106 Å². The molecule has 0 aliphatic rings. The number of nitrogens with one attached hydrogen (secondary N) is 2. The fourth-order valence-corrected chi connectivity index (χ4v) is 12.7. The lowest BCUT2D eigenvalue weighted by molar-refractivity contribution is -0.0500. The molecule has 0 fully saturated rings. The summed E-state index contributed by atoms with van der Waals surface area (Å²) < 4.78 is 96.0. The number of alkyl halides is 3. The summed E-state index contributed by atoms with van der Waals surface area (Å²) >= 11 is 0. The number of esters is 3. The van der Waals surface area contributed by atoms with Gasteiger partial charge in [-0.15, -0.1) is 18.9 Å². The Kier molecular flexibility index (Phi) is 29.6. The zero-order valence-corrected chi connectivity index (χ0v) is 68.8. The lowest BCUT2D eigenvalue weighted by Crippen LogP contribution is -2.35. The molecule has 124 heavy (non-hydrogen) atoms. The summed E-state index contributed by atoms with van der Waals surface area (Å²) in [5.74, 6) is -3.35. The monoisotopic (exact) mass is 1720 g/mol. The number of aromatic nitrogens is 12. The van der Waals surface area contributed by atoms with Crippen LogP contribution in [0.2, 0.25) is 0 Å². The molecule has 3 N–H and O–H groups in total. The first-order valence-corrected chi connectivity index (χ1v) is 39.3. The highest BCUT2D eigenvalue weighted by Gasteiger charge is 2.50. The zero-order valence-electron chi connectivity index (χ0n) is 68.0. The van der Waals surface area contributed by atoms with Gasteiger partial charge < -0.3 is 63.0 Å². The number of hydrogen-bond acceptors (Lipinski definition) is 30. The summed E-state index contributed by atoms with van der Waals surface area (Å²) in [6, 6.07) is 53.5. The maximum Gasteiger partial charge on any atom is 0.534 e. The first-order valence-electron chi connectivity index (χ1n) is 37.9. The second-order valence-corrected chi connectivity index (χ2v) is 27.9. The van der Waals surface area contributed by atoms with Gasteiger partial charge in [-0.25, -0.2) is 54.3 Å². The molecule has 0 aliphatic heterocycles. The Hall–Kier alpha value is -15.4. The van der Waals surface area contributed by atoms with Crippen LogP contribution in [0.15, 0.2) is 220 Å². The van der Waals surface area contributed by atoms with E-state index in [1.54, 1.807) is 72.2 Å². The standard InChI is InChI=1S/C26H26N4O5.C23H22N4O3.C19H16F3N3O7S.C18H17N3O5/c1-4-34-26(32)22-23(27-14-19-11-8-12-20(13-19)33-3)21-17(2)28-16-29-24(21)30(25(22)31)35-15-18-9-6-5-7-10-18;1-16-22-20(24-13-18-9-6-10-19(11-18)29-2)12-21(28)27(23(22)26-15-25-16)30-14-17-7-4-3-5-8-17;1-3-30-18(27)14-15(32-33(28,29)19(20,21)22)13-11(2)23-10-24-16(13)25(17(14)26)31-9-12-7-5-4-6-8-12;1-3-25-18(24)14-15(22)13-11(2)19-10-20-16(13)21(17(14)23)26-9-12-7-5-4-6-8-12/h5-13,16,27H,4,14-15H2,1-3H3;3-12,15,24H,13-14H2,1-2H3;4-8,10H,3,9H2,1-2H3;4-8,10,22H,3,9H2,1-2H3. The smallest absolute Gasteiger partial charge is 0.506 e. The van der Waals surface area contributed by atoms with E-state index < -0.39 is 83.9 Å². The number of aryl methyl sites for hydroxylation is 4. The average Bonchev–Trinajstić information content (AvgIpc) is 0.746. The van der Waals surface area contributed by atoms with Crippen LogP contribution < -0.4 is 65.9 Å². The molecule has 14 aromatic rings. The minimum absolute atomic E-state index is 0.0604. The number of fused-ring (bicyclic) bond motifs is 4. The molecule has 0 spiro atoms. The van der Waals surface area contributed by atoms with Crippen molar-refractivity contribution in [2.45, 2.75) is 93.5 Å². The van der Waals surface area contributed by atoms with Gasteiger partial charge in [0.25, 0.3) is 5.56 Å². The maximum atomic E-state index is 13.6. The highest BCUT2D eigenvalue weighted by atomic mass is 32.2. The van der Waals surface area contributed by atoms with Crippen LogP contribution in [0.1, 0.15) is 108 Å². The molecule has 0 amide bonds. The van der Waals surface area contributed by atoms with E-state index in [1.165, 1.54) is 43.6 Å². The van der Waals surface area contributed by atoms with E-state index in [4.69, 9.17) is 43.0 Å². The number of aromatic hydroxyl groups is 1. The predicted molar refractivity (Wildman–Crippen MR) is 447 cm³/mol. The average molecular weight is 1720 g/mol. The summed E-state index contributed by atoms with van der Waals surface area (Å²) in [5.41, 5.74) is -2.67. The molecule has 0 saturated carbocycles. The third kappa shape index (κ3) is 21.1. The number of rotatable bonds is 28. The van der Waals surface area contributed by atoms with Gasteiger partial charge in [0.2, 0.25) is 0 Å². The summed E-state index contributed by atoms with van der Waals surface area (Å²) in [4.78, 5) is 146. The van der Waals surface area contributed by atoms with E-state index in [0.29, 0.717) is 62.9 Å². The summed E-state index contributed by atoms with van der Waals surface area (Å²) in [7, 11) is -3.04. The van der Waals surface area contributed by atoms with E-state index >= 15 is 0 Å². The van der Waals surface area contributed by atoms with Crippen molar-refractivity contribution in [3.05, 3.63) is 315 Å². The Balaban J connectivity index is 0.000000162. The van der Waals surface area contributed by atoms with Crippen LogP contribution in [0.5, 0.6) is 23.0 Å². The third-order valence-corrected chi connectivity index (χ3v) is 19.1. The van der Waals surface area contributed by atoms with Crippen LogP contribution >= 0.6 is 0 Å². The highest BCUT2D eigenvalue weighted by molar-refractivity contribution is 7.88. The number of carbonyl (C=O) groups is 3. The number of nitrogens with zero attached hydrogens (tertiary/aromatic N) is 12. The molecule has 0 radical (unpaired) electrons. The molecule has 0 bridgehead atoms. The second kappa shape index (κ2) is 41.1. The normalized spacial score (nSPS) is 11.0. The number of pyridine rings is 4. The van der Waals surface area contributed by atoms with Gasteiger partial charge in [0.1, 0.15) is 69.0 Å². The molecular weight excluding hydrogens is 1640 g/mol. The van der Waals surface area contributed by atoms with Crippen molar-refractivity contribution >= 4 is 83.5 Å². The molecule has 34 nitrogen and oxygen atoms in total. The summed E-state index contributed by atoms with van der Waals surface area (Å²) in [6.07, 6.45) is 5.02. The van der Waals surface area contributed by atoms with Crippen molar-refractivity contribution in [2.75, 3.05) is 44.7 Å². The lowest BCUT2D eigenvalue weighted by Gasteiger charge is -2.19. The molecule has 6 aromatic carbocycles. The fourth-order valence-electron chi connectivity index (χ4n) is 12.3. The van der Waals surface area contributed by atoms with E-state index in [2.05, 4.69) is 54.7 Å². The van der Waals surface area contributed by atoms with Crippen LogP contribution in [0.4, 0.5) is 24.5 Å². The molecule has 8 aromatic heterocycles. The Morgan fingerprint density at radius 1 is 0.411 bits per heavy atom. The molecule has 38 heteroatoms. The minimum Gasteiger partial charge on any atom is -0.506 e. The largest absolute Gasteiger partial charge is 0.534 e. The number of carbonyl (C=O) groups excluding carboxylic acids is 3. The molecule has 642 valence electrons. The minimum atomic E-state index is -6.27. The number of benzene rings is 6. The van der Waals surface area contributed by atoms with Gasteiger partial charge in [0, 0.05) is 19.2 Å². The Morgan fingerprint density at radius 3 is 1.17 bits per heavy atom. The number of anilines is 2. The van der Waals surface area contributed by atoms with Crippen LogP contribution in [0.25, 0.3) is 44.1 Å². The van der Waals surface area contributed by atoms with Crippen LogP contribution in [-0.4, -0.2) is 130 Å². The molecular formula is C86H81F3N14O20S. The van der Waals surface area contributed by atoms with Crippen molar-refractivity contribution in [3.63, 3.8) is 0 Å². The van der Waals surface area contributed by atoms with Gasteiger partial charge in [-0.3, -0.25) is 19.2 Å². The first kappa shape index (κ1) is 89.4. The van der Waals surface area contributed by atoms with Gasteiger partial charge in [0.05, 0.1) is 89.7 Å². The SMILES string of the molecule is CCOC(=O)c1c(NCc2cccc(OC)c2)c2c(C)ncnc2n(OCc2ccccc2)c1=O.CCOC(=O)c1c(O)c2c(C)ncnc2n(OCc2ccccc2)c1=O.CCOC(=O)c1c(OS(=O)(=O)C(F)(F)F)c2c(C)ncnc2n(OCc2ccccc2)c1=O.COc1cccc(CNc2cc(=O)n(OCc3ccccc3)c3ncnc(C)c23)c1. The van der Waals surface area contributed by atoms with E-state index in [0.717, 1.165) is 60.4 Å². The van der Waals surface area contributed by atoms with E-state index in [9.17, 15) is 60.3 Å². The van der Waals surface area contributed by atoms with Gasteiger partial charge in [-0.2, -0.15) is 21.6 Å². The van der Waals surface area contributed by atoms with Crippen molar-refractivity contribution in [2.24, 2.45) is 0 Å². The first-order chi connectivity index (χ1) is 59.7. The third-order valence-electron chi connectivity index (χ3n) is 18.1. The number of methoxy groups -OCH3 is 2. The van der Waals surface area contributed by atoms with E-state index in [-0.39, 0.29) is 79.7 Å². The Labute approximate surface area is 704 Å². The van der Waals surface area contributed by atoms with Crippen LogP contribution in [0.3, 0.4) is 0 Å². The topological polar surface area (TPSA) is 413 Å². The zero-order chi connectivity index (χ0) is 88.8. The molecule has 8 heterocycles. The van der Waals surface area contributed by atoms with Gasteiger partial charge in [0.15, 0.2) is 45.0 Å². The number of halogens is 3. The summed E-state index contributed by atoms with van der Waals surface area (Å²) in [5, 5.41) is 18.0. The van der Waals surface area contributed by atoms with Crippen molar-refractivity contribution in [3.8, 4) is 23.0 Å². The lowest BCUT2D eigenvalue weighted by atomic mass is 10.1. The molecule has 0 unspecified atom stereocenters. The van der Waals surface area contributed by atoms with Gasteiger partial charge in [-0.1, -0.05) is 146 Å². The predicted octanol–water partition coefficient (Wildman–Crippen LogP) is 10.6. The molecule has 0 aliphatic carbocycles.